The van der Waals surface area contributed by atoms with Crippen molar-refractivity contribution in [3.63, 3.8) is 0 Å². The molecule has 1 amide bonds. The Morgan fingerprint density at radius 1 is 1.19 bits per heavy atom. The first-order valence-corrected chi connectivity index (χ1v) is 8.02. The van der Waals surface area contributed by atoms with Crippen LogP contribution in [0.3, 0.4) is 0 Å². The highest BCUT2D eigenvalue weighted by atomic mass is 16.6. The number of H-pyrrole nitrogens is 2. The van der Waals surface area contributed by atoms with Gasteiger partial charge in [-0.2, -0.15) is 0 Å². The molecular formula is C17H17N5O5. The van der Waals surface area contributed by atoms with E-state index in [0.29, 0.717) is 35.6 Å². The van der Waals surface area contributed by atoms with Crippen molar-refractivity contribution in [3.05, 3.63) is 62.6 Å². The van der Waals surface area contributed by atoms with Crippen LogP contribution in [0.15, 0.2) is 41.2 Å². The van der Waals surface area contributed by atoms with Gasteiger partial charge < -0.3 is 25.3 Å². The van der Waals surface area contributed by atoms with Crippen LogP contribution in [0.2, 0.25) is 0 Å². The predicted molar refractivity (Wildman–Crippen MR) is 100 cm³/mol. The number of imidazole rings is 1. The minimum Gasteiger partial charge on any atom is -0.383 e. The second-order valence-corrected chi connectivity index (χ2v) is 5.70. The molecule has 0 fully saturated rings. The number of nitro benzene ring substituents is 1. The molecule has 1 aromatic heterocycles. The molecular weight excluding hydrogens is 354 g/mol. The Morgan fingerprint density at radius 2 is 1.96 bits per heavy atom. The molecule has 10 nitrogen and oxygen atoms in total. The smallest absolute Gasteiger partial charge is 0.323 e. The average molecular weight is 371 g/mol. The zero-order chi connectivity index (χ0) is 19.4. The molecule has 0 unspecified atom stereocenters. The van der Waals surface area contributed by atoms with Crippen LogP contribution in [0.5, 0.6) is 0 Å². The fourth-order valence-corrected chi connectivity index (χ4v) is 2.57. The lowest BCUT2D eigenvalue weighted by molar-refractivity contribution is -0.384. The number of hydrogen-bond acceptors (Lipinski definition) is 6. The van der Waals surface area contributed by atoms with Crippen molar-refractivity contribution in [3.8, 4) is 0 Å². The van der Waals surface area contributed by atoms with Gasteiger partial charge in [0.05, 0.1) is 22.6 Å². The largest absolute Gasteiger partial charge is 0.383 e. The third-order valence-electron chi connectivity index (χ3n) is 3.85. The van der Waals surface area contributed by atoms with E-state index in [2.05, 4.69) is 20.6 Å². The molecule has 1 heterocycles. The van der Waals surface area contributed by atoms with Crippen LogP contribution in [0.25, 0.3) is 11.0 Å². The standard InChI is InChI=1S/C17H17N5O5/c1-27-7-6-18-13-4-2-10(8-15(13)22(25)26)16(23)19-11-3-5-12-14(9-11)21-17(24)20-12/h2-5,8-9,18H,6-7H2,1H3,(H,19,23)(H2,20,21,24). The number of amides is 1. The highest BCUT2D eigenvalue weighted by Gasteiger charge is 2.17. The monoisotopic (exact) mass is 371 g/mol. The Balaban J connectivity index is 1.81. The maximum Gasteiger partial charge on any atom is 0.323 e. The van der Waals surface area contributed by atoms with Crippen molar-refractivity contribution in [1.29, 1.82) is 0 Å². The molecule has 0 aliphatic rings. The number of carbonyl (C=O) groups excluding carboxylic acids is 1. The molecule has 3 rings (SSSR count). The molecule has 10 heteroatoms. The number of benzene rings is 2. The number of ether oxygens (including phenoxy) is 1. The van der Waals surface area contributed by atoms with Crippen LogP contribution >= 0.6 is 0 Å². The van der Waals surface area contributed by atoms with Crippen LogP contribution in [-0.2, 0) is 4.74 Å². The number of hydrogen-bond donors (Lipinski definition) is 4. The van der Waals surface area contributed by atoms with Crippen molar-refractivity contribution in [2.24, 2.45) is 0 Å². The van der Waals surface area contributed by atoms with E-state index in [1.54, 1.807) is 18.2 Å². The summed E-state index contributed by atoms with van der Waals surface area (Å²) in [6.45, 7) is 0.793. The van der Waals surface area contributed by atoms with Crippen molar-refractivity contribution in [1.82, 2.24) is 9.97 Å². The van der Waals surface area contributed by atoms with Gasteiger partial charge in [0.2, 0.25) is 0 Å². The Kier molecular flexibility index (Phi) is 5.18. The molecule has 0 aliphatic carbocycles. The fraction of sp³-hybridized carbons (Fsp3) is 0.176. The summed E-state index contributed by atoms with van der Waals surface area (Å²) >= 11 is 0. The average Bonchev–Trinajstić information content (AvgIpc) is 3.01. The SMILES string of the molecule is COCCNc1ccc(C(=O)Nc2ccc3[nH]c(=O)[nH]c3c2)cc1[N+](=O)[O-]. The lowest BCUT2D eigenvalue weighted by atomic mass is 10.1. The van der Waals surface area contributed by atoms with Gasteiger partial charge in [-0.15, -0.1) is 0 Å². The molecule has 4 N–H and O–H groups in total. The summed E-state index contributed by atoms with van der Waals surface area (Å²) in [5, 5.41) is 16.9. The Labute approximate surface area is 152 Å². The third kappa shape index (κ3) is 4.12. The summed E-state index contributed by atoms with van der Waals surface area (Å²) in [4.78, 5) is 39.7. The molecule has 0 radical (unpaired) electrons. The van der Waals surface area contributed by atoms with Gasteiger partial charge >= 0.3 is 5.69 Å². The van der Waals surface area contributed by atoms with Gasteiger partial charge in [-0.05, 0) is 30.3 Å². The number of fused-ring (bicyclic) bond motifs is 1. The summed E-state index contributed by atoms with van der Waals surface area (Å²) in [5.41, 5.74) is 1.50. The number of aromatic nitrogens is 2. The first-order chi connectivity index (χ1) is 13.0. The van der Waals surface area contributed by atoms with E-state index in [1.807, 2.05) is 0 Å². The Bertz CT molecular complexity index is 1060. The minimum atomic E-state index is -0.553. The fourth-order valence-electron chi connectivity index (χ4n) is 2.57. The molecule has 0 saturated carbocycles. The lowest BCUT2D eigenvalue weighted by Crippen LogP contribution is -2.13. The highest BCUT2D eigenvalue weighted by molar-refractivity contribution is 6.05. The molecule has 0 aliphatic heterocycles. The maximum atomic E-state index is 12.4. The minimum absolute atomic E-state index is 0.140. The molecule has 0 saturated heterocycles. The van der Waals surface area contributed by atoms with Gasteiger partial charge in [0.25, 0.3) is 11.6 Å². The zero-order valence-corrected chi connectivity index (χ0v) is 14.4. The van der Waals surface area contributed by atoms with Gasteiger partial charge in [0, 0.05) is 31.0 Å². The van der Waals surface area contributed by atoms with E-state index in [0.717, 1.165) is 0 Å². The number of methoxy groups -OCH3 is 1. The summed E-state index contributed by atoms with van der Waals surface area (Å²) in [6.07, 6.45) is 0. The van der Waals surface area contributed by atoms with E-state index in [1.165, 1.54) is 25.3 Å². The van der Waals surface area contributed by atoms with Crippen molar-refractivity contribution < 1.29 is 14.5 Å². The van der Waals surface area contributed by atoms with Crippen LogP contribution in [-0.4, -0.2) is 41.1 Å². The van der Waals surface area contributed by atoms with E-state index in [9.17, 15) is 19.7 Å². The second kappa shape index (κ2) is 7.70. The number of aromatic amines is 2. The molecule has 0 atom stereocenters. The normalized spacial score (nSPS) is 10.7. The van der Waals surface area contributed by atoms with E-state index in [-0.39, 0.29) is 16.9 Å². The first kappa shape index (κ1) is 18.1. The number of nitrogens with zero attached hydrogens (tertiary/aromatic N) is 1. The van der Waals surface area contributed by atoms with E-state index < -0.39 is 10.8 Å². The Hall–Kier alpha value is -3.66. The van der Waals surface area contributed by atoms with Gasteiger partial charge in [-0.1, -0.05) is 0 Å². The third-order valence-corrected chi connectivity index (χ3v) is 3.85. The topological polar surface area (TPSA) is 142 Å². The highest BCUT2D eigenvalue weighted by Crippen LogP contribution is 2.26. The lowest BCUT2D eigenvalue weighted by Gasteiger charge is -2.09. The summed E-state index contributed by atoms with van der Waals surface area (Å²) in [5.74, 6) is -0.501. The summed E-state index contributed by atoms with van der Waals surface area (Å²) < 4.78 is 4.90. The predicted octanol–water partition coefficient (Wildman–Crippen LogP) is 2.07. The van der Waals surface area contributed by atoms with Crippen LogP contribution < -0.4 is 16.3 Å². The maximum absolute atomic E-state index is 12.4. The molecule has 0 spiro atoms. The number of rotatable bonds is 7. The van der Waals surface area contributed by atoms with Gasteiger partial charge in [0.1, 0.15) is 5.69 Å². The van der Waals surface area contributed by atoms with Crippen LogP contribution in [0.1, 0.15) is 10.4 Å². The van der Waals surface area contributed by atoms with Crippen molar-refractivity contribution in [2.45, 2.75) is 0 Å². The van der Waals surface area contributed by atoms with Crippen molar-refractivity contribution >= 4 is 34.0 Å². The molecule has 0 bridgehead atoms. The Morgan fingerprint density at radius 3 is 2.70 bits per heavy atom. The van der Waals surface area contributed by atoms with Gasteiger partial charge in [0.15, 0.2) is 0 Å². The first-order valence-electron chi connectivity index (χ1n) is 8.02. The van der Waals surface area contributed by atoms with Crippen LogP contribution in [0.4, 0.5) is 17.1 Å². The number of nitrogens with one attached hydrogen (secondary N) is 4. The molecule has 27 heavy (non-hydrogen) atoms. The van der Waals surface area contributed by atoms with Crippen molar-refractivity contribution in [2.75, 3.05) is 30.9 Å². The second-order valence-electron chi connectivity index (χ2n) is 5.70. The number of nitro groups is 1. The summed E-state index contributed by atoms with van der Waals surface area (Å²) in [6, 6.07) is 9.05. The molecule has 3 aromatic rings. The van der Waals surface area contributed by atoms with E-state index in [4.69, 9.17) is 4.74 Å². The number of carbonyl (C=O) groups is 1. The molecule has 140 valence electrons. The quantitative estimate of drug-likeness (QED) is 0.284. The number of anilines is 2. The van der Waals surface area contributed by atoms with Crippen LogP contribution in [0, 0.1) is 10.1 Å². The van der Waals surface area contributed by atoms with E-state index >= 15 is 0 Å². The van der Waals surface area contributed by atoms with Gasteiger partial charge in [-0.3, -0.25) is 14.9 Å². The molecule has 2 aromatic carbocycles. The van der Waals surface area contributed by atoms with Gasteiger partial charge in [-0.25, -0.2) is 4.79 Å². The zero-order valence-electron chi connectivity index (χ0n) is 14.4. The summed E-state index contributed by atoms with van der Waals surface area (Å²) in [7, 11) is 1.53.